The number of benzene rings is 2. The minimum absolute atomic E-state index is 0.105. The van der Waals surface area contributed by atoms with E-state index in [4.69, 9.17) is 0 Å². The molecule has 0 bridgehead atoms. The molecule has 0 atom stereocenters. The topological polar surface area (TPSA) is 97.2 Å². The molecule has 0 aliphatic carbocycles. The largest absolute Gasteiger partial charge is 0.325 e. The highest BCUT2D eigenvalue weighted by Gasteiger charge is 2.19. The number of thioether (sulfide) groups is 1. The van der Waals surface area contributed by atoms with Gasteiger partial charge in [0.25, 0.3) is 0 Å². The third-order valence-corrected chi connectivity index (χ3v) is 7.49. The molecule has 0 radical (unpaired) electrons. The van der Waals surface area contributed by atoms with Crippen LogP contribution in [0.1, 0.15) is 17.0 Å². The van der Waals surface area contributed by atoms with Crippen molar-refractivity contribution >= 4 is 33.4 Å². The summed E-state index contributed by atoms with van der Waals surface area (Å²) in [7, 11) is -0.652. The van der Waals surface area contributed by atoms with Crippen molar-refractivity contribution in [3.63, 3.8) is 0 Å². The second-order valence-corrected chi connectivity index (χ2v) is 10.3. The molecule has 1 amide bonds. The van der Waals surface area contributed by atoms with Crippen molar-refractivity contribution in [3.8, 4) is 5.69 Å². The van der Waals surface area contributed by atoms with Gasteiger partial charge in [-0.25, -0.2) is 12.7 Å². The van der Waals surface area contributed by atoms with E-state index in [0.29, 0.717) is 10.8 Å². The van der Waals surface area contributed by atoms with Gasteiger partial charge in [0.15, 0.2) is 5.16 Å². The van der Waals surface area contributed by atoms with Crippen molar-refractivity contribution in [2.24, 2.45) is 0 Å². The SMILES string of the molecule is Cc1ccc(S(=O)(=O)N(C)C)cc1NC(=O)CSc1nnc(C)n1-c1ccccc1C. The number of nitrogens with zero attached hydrogens (tertiary/aromatic N) is 4. The lowest BCUT2D eigenvalue weighted by atomic mass is 10.2. The van der Waals surface area contributed by atoms with E-state index in [1.54, 1.807) is 6.07 Å². The maximum Gasteiger partial charge on any atom is 0.242 e. The van der Waals surface area contributed by atoms with E-state index in [-0.39, 0.29) is 16.6 Å². The zero-order valence-electron chi connectivity index (χ0n) is 18.1. The molecule has 1 heterocycles. The van der Waals surface area contributed by atoms with Gasteiger partial charge in [-0.3, -0.25) is 9.36 Å². The maximum absolute atomic E-state index is 12.6. The Hall–Kier alpha value is -2.69. The van der Waals surface area contributed by atoms with Crippen LogP contribution in [-0.4, -0.2) is 53.2 Å². The Morgan fingerprint density at radius 3 is 2.45 bits per heavy atom. The number of carbonyl (C=O) groups is 1. The zero-order chi connectivity index (χ0) is 22.8. The molecule has 0 aliphatic heterocycles. The van der Waals surface area contributed by atoms with E-state index >= 15 is 0 Å². The van der Waals surface area contributed by atoms with Crippen molar-refractivity contribution in [1.29, 1.82) is 0 Å². The molecular formula is C21H25N5O3S2. The Kier molecular flexibility index (Phi) is 6.83. The summed E-state index contributed by atoms with van der Waals surface area (Å²) in [6.07, 6.45) is 0. The Morgan fingerprint density at radius 1 is 1.06 bits per heavy atom. The molecule has 1 N–H and O–H groups in total. The van der Waals surface area contributed by atoms with Crippen LogP contribution in [0.2, 0.25) is 0 Å². The molecule has 31 heavy (non-hydrogen) atoms. The summed E-state index contributed by atoms with van der Waals surface area (Å²) in [5.74, 6) is 0.577. The number of anilines is 1. The van der Waals surface area contributed by atoms with Gasteiger partial charge in [-0.05, 0) is 50.1 Å². The number of sulfonamides is 1. The molecule has 0 spiro atoms. The van der Waals surface area contributed by atoms with Crippen molar-refractivity contribution in [2.75, 3.05) is 25.2 Å². The summed E-state index contributed by atoms with van der Waals surface area (Å²) in [5, 5.41) is 11.8. The average Bonchev–Trinajstić information content (AvgIpc) is 3.08. The van der Waals surface area contributed by atoms with Gasteiger partial charge in [0.1, 0.15) is 5.82 Å². The summed E-state index contributed by atoms with van der Waals surface area (Å²) in [4.78, 5) is 12.7. The first-order valence-electron chi connectivity index (χ1n) is 9.55. The second-order valence-electron chi connectivity index (χ2n) is 7.25. The van der Waals surface area contributed by atoms with Gasteiger partial charge in [0, 0.05) is 19.8 Å². The normalized spacial score (nSPS) is 11.7. The predicted molar refractivity (Wildman–Crippen MR) is 122 cm³/mol. The number of hydrogen-bond donors (Lipinski definition) is 1. The number of amides is 1. The number of aryl methyl sites for hydroxylation is 3. The van der Waals surface area contributed by atoms with E-state index in [2.05, 4.69) is 15.5 Å². The molecule has 3 aromatic rings. The smallest absolute Gasteiger partial charge is 0.242 e. The molecule has 0 saturated heterocycles. The molecule has 0 aliphatic rings. The molecule has 1 aromatic heterocycles. The zero-order valence-corrected chi connectivity index (χ0v) is 19.7. The molecule has 164 valence electrons. The predicted octanol–water partition coefficient (Wildman–Crippen LogP) is 3.17. The van der Waals surface area contributed by atoms with Crippen LogP contribution < -0.4 is 5.32 Å². The number of aromatic nitrogens is 3. The summed E-state index contributed by atoms with van der Waals surface area (Å²) < 4.78 is 27.8. The van der Waals surface area contributed by atoms with E-state index in [1.807, 2.05) is 49.6 Å². The fourth-order valence-corrected chi connectivity index (χ4v) is 4.67. The maximum atomic E-state index is 12.6. The lowest BCUT2D eigenvalue weighted by Crippen LogP contribution is -2.22. The van der Waals surface area contributed by atoms with Crippen molar-refractivity contribution in [2.45, 2.75) is 30.8 Å². The lowest BCUT2D eigenvalue weighted by molar-refractivity contribution is -0.113. The first-order valence-corrected chi connectivity index (χ1v) is 12.0. The van der Waals surface area contributed by atoms with Crippen molar-refractivity contribution < 1.29 is 13.2 Å². The van der Waals surface area contributed by atoms with Crippen molar-refractivity contribution in [3.05, 3.63) is 59.4 Å². The Labute approximate surface area is 186 Å². The Balaban J connectivity index is 1.76. The third-order valence-electron chi connectivity index (χ3n) is 4.75. The molecule has 2 aromatic carbocycles. The van der Waals surface area contributed by atoms with Crippen LogP contribution in [0.3, 0.4) is 0 Å². The molecule has 8 nitrogen and oxygen atoms in total. The van der Waals surface area contributed by atoms with Gasteiger partial charge in [-0.15, -0.1) is 10.2 Å². The van der Waals surface area contributed by atoms with Crippen LogP contribution in [0.5, 0.6) is 0 Å². The van der Waals surface area contributed by atoms with Gasteiger partial charge in [-0.1, -0.05) is 36.0 Å². The Bertz CT molecular complexity index is 1220. The number of carbonyl (C=O) groups excluding carboxylic acids is 1. The van der Waals surface area contributed by atoms with Crippen LogP contribution in [0.4, 0.5) is 5.69 Å². The van der Waals surface area contributed by atoms with Gasteiger partial charge < -0.3 is 5.32 Å². The van der Waals surface area contributed by atoms with E-state index in [9.17, 15) is 13.2 Å². The van der Waals surface area contributed by atoms with Crippen LogP contribution in [-0.2, 0) is 14.8 Å². The van der Waals surface area contributed by atoms with E-state index in [0.717, 1.165) is 26.9 Å². The number of rotatable bonds is 7. The average molecular weight is 460 g/mol. The summed E-state index contributed by atoms with van der Waals surface area (Å²) in [5.41, 5.74) is 3.27. The molecule has 3 rings (SSSR count). The van der Waals surface area contributed by atoms with Gasteiger partial charge in [0.05, 0.1) is 16.3 Å². The summed E-state index contributed by atoms with van der Waals surface area (Å²) in [6.45, 7) is 5.68. The van der Waals surface area contributed by atoms with Gasteiger partial charge >= 0.3 is 0 Å². The number of para-hydroxylation sites is 1. The fraction of sp³-hybridized carbons (Fsp3) is 0.286. The summed E-state index contributed by atoms with van der Waals surface area (Å²) in [6, 6.07) is 12.6. The van der Waals surface area contributed by atoms with Gasteiger partial charge in [0.2, 0.25) is 15.9 Å². The first-order chi connectivity index (χ1) is 14.6. The molecule has 0 saturated carbocycles. The highest BCUT2D eigenvalue weighted by atomic mass is 32.2. The minimum atomic E-state index is -3.59. The van der Waals surface area contributed by atoms with E-state index in [1.165, 1.54) is 38.0 Å². The minimum Gasteiger partial charge on any atom is -0.325 e. The molecular weight excluding hydrogens is 434 g/mol. The monoisotopic (exact) mass is 459 g/mol. The van der Waals surface area contributed by atoms with Crippen LogP contribution in [0, 0.1) is 20.8 Å². The van der Waals surface area contributed by atoms with Crippen LogP contribution >= 0.6 is 11.8 Å². The third kappa shape index (κ3) is 4.97. The van der Waals surface area contributed by atoms with Crippen molar-refractivity contribution in [1.82, 2.24) is 19.1 Å². The number of nitrogens with one attached hydrogen (secondary N) is 1. The fourth-order valence-electron chi connectivity index (χ4n) is 2.95. The molecule has 0 fully saturated rings. The lowest BCUT2D eigenvalue weighted by Gasteiger charge is -2.14. The highest BCUT2D eigenvalue weighted by molar-refractivity contribution is 7.99. The van der Waals surface area contributed by atoms with Crippen LogP contribution in [0.15, 0.2) is 52.5 Å². The standard InChI is InChI=1S/C21H25N5O3S2/c1-14-10-11-17(31(28,29)25(4)5)12-18(14)22-20(27)13-30-21-24-23-16(3)26(21)19-9-7-6-8-15(19)2/h6-12H,13H2,1-5H3,(H,22,27). The van der Waals surface area contributed by atoms with E-state index < -0.39 is 10.0 Å². The summed E-state index contributed by atoms with van der Waals surface area (Å²) >= 11 is 1.27. The molecule has 10 heteroatoms. The second kappa shape index (κ2) is 9.21. The Morgan fingerprint density at radius 2 is 1.77 bits per heavy atom. The highest BCUT2D eigenvalue weighted by Crippen LogP contribution is 2.25. The van der Waals surface area contributed by atoms with Crippen LogP contribution in [0.25, 0.3) is 5.69 Å². The number of hydrogen-bond acceptors (Lipinski definition) is 6. The quantitative estimate of drug-likeness (QED) is 0.545. The van der Waals surface area contributed by atoms with Gasteiger partial charge in [-0.2, -0.15) is 0 Å². The first kappa shape index (κ1) is 23.0. The molecule has 0 unspecified atom stereocenters.